The second-order valence-electron chi connectivity index (χ2n) is 7.35. The molecule has 0 fully saturated rings. The molecule has 1 heterocycles. The van der Waals surface area contributed by atoms with Gasteiger partial charge in [-0.1, -0.05) is 37.3 Å². The minimum atomic E-state index is -3.64. The molecule has 30 heavy (non-hydrogen) atoms. The Kier molecular flexibility index (Phi) is 6.53. The molecular weight excluding hydrogens is 398 g/mol. The van der Waals surface area contributed by atoms with Crippen LogP contribution in [0.5, 0.6) is 0 Å². The number of sulfonamides is 1. The number of aryl methyl sites for hydroxylation is 3. The van der Waals surface area contributed by atoms with Gasteiger partial charge in [0.2, 0.25) is 10.0 Å². The lowest BCUT2D eigenvalue weighted by atomic mass is 9.99. The van der Waals surface area contributed by atoms with Gasteiger partial charge in [0, 0.05) is 24.2 Å². The molecule has 7 heteroatoms. The van der Waals surface area contributed by atoms with Crippen molar-refractivity contribution < 1.29 is 13.2 Å². The molecule has 0 aliphatic heterocycles. The molecule has 0 unspecified atom stereocenters. The van der Waals surface area contributed by atoms with Crippen LogP contribution in [-0.4, -0.2) is 32.4 Å². The predicted octanol–water partition coefficient (Wildman–Crippen LogP) is 3.43. The quantitative estimate of drug-likeness (QED) is 0.568. The van der Waals surface area contributed by atoms with Crippen LogP contribution in [0.4, 0.5) is 0 Å². The van der Waals surface area contributed by atoms with Gasteiger partial charge in [0.15, 0.2) is 0 Å². The summed E-state index contributed by atoms with van der Waals surface area (Å²) < 4.78 is 27.8. The molecule has 0 spiro atoms. The van der Waals surface area contributed by atoms with Gasteiger partial charge >= 0.3 is 0 Å². The fourth-order valence-electron chi connectivity index (χ4n) is 3.52. The highest BCUT2D eigenvalue weighted by molar-refractivity contribution is 7.89. The molecule has 2 aromatic carbocycles. The van der Waals surface area contributed by atoms with Gasteiger partial charge in [-0.15, -0.1) is 0 Å². The van der Waals surface area contributed by atoms with E-state index in [1.165, 1.54) is 0 Å². The molecule has 0 saturated carbocycles. The molecule has 0 bridgehead atoms. The first-order valence-corrected chi connectivity index (χ1v) is 11.5. The number of pyridine rings is 1. The summed E-state index contributed by atoms with van der Waals surface area (Å²) in [5, 5.41) is 3.63. The van der Waals surface area contributed by atoms with Crippen LogP contribution in [-0.2, 0) is 16.4 Å². The van der Waals surface area contributed by atoms with Crippen LogP contribution in [0.25, 0.3) is 10.9 Å². The number of benzene rings is 2. The monoisotopic (exact) mass is 425 g/mol. The van der Waals surface area contributed by atoms with Crippen LogP contribution < -0.4 is 10.0 Å². The molecule has 0 radical (unpaired) electrons. The second-order valence-corrected chi connectivity index (χ2v) is 9.09. The number of fused-ring (bicyclic) bond motifs is 1. The number of rotatable bonds is 7. The number of nitrogens with one attached hydrogen (secondary N) is 2. The summed E-state index contributed by atoms with van der Waals surface area (Å²) in [5.41, 5.74) is 4.67. The first-order chi connectivity index (χ1) is 14.2. The van der Waals surface area contributed by atoms with Crippen molar-refractivity contribution in [3.63, 3.8) is 0 Å². The average Bonchev–Trinajstić information content (AvgIpc) is 2.72. The molecule has 0 atom stereocenters. The molecular formula is C23H27N3O3S. The van der Waals surface area contributed by atoms with Gasteiger partial charge < -0.3 is 5.32 Å². The van der Waals surface area contributed by atoms with E-state index < -0.39 is 10.0 Å². The molecule has 158 valence electrons. The van der Waals surface area contributed by atoms with Gasteiger partial charge in [-0.2, -0.15) is 0 Å². The maximum atomic E-state index is 12.9. The number of hydrogen-bond donors (Lipinski definition) is 2. The van der Waals surface area contributed by atoms with Crippen molar-refractivity contribution >= 4 is 26.8 Å². The molecule has 0 aliphatic rings. The fourth-order valence-corrected chi connectivity index (χ4v) is 4.88. The Labute approximate surface area is 177 Å². The van der Waals surface area contributed by atoms with E-state index in [1.54, 1.807) is 19.1 Å². The van der Waals surface area contributed by atoms with E-state index in [1.807, 2.05) is 51.1 Å². The summed E-state index contributed by atoms with van der Waals surface area (Å²) in [6, 6.07) is 12.9. The van der Waals surface area contributed by atoms with Crippen LogP contribution in [0.1, 0.15) is 39.7 Å². The Morgan fingerprint density at radius 1 is 1.03 bits per heavy atom. The summed E-state index contributed by atoms with van der Waals surface area (Å²) in [5.74, 6) is -0.230. The largest absolute Gasteiger partial charge is 0.351 e. The highest BCUT2D eigenvalue weighted by Crippen LogP contribution is 2.23. The summed E-state index contributed by atoms with van der Waals surface area (Å²) >= 11 is 0. The lowest BCUT2D eigenvalue weighted by Gasteiger charge is -2.14. The maximum Gasteiger partial charge on any atom is 0.252 e. The molecule has 1 amide bonds. The standard InChI is InChI=1S/C23H27N3O3S/c1-5-19-17(4)22(18-8-6-7-9-20(18)26-19)23(27)24-12-13-25-30(28,29)21-14-15(2)10-11-16(21)3/h6-11,14,25H,5,12-13H2,1-4H3,(H,24,27). The van der Waals surface area contributed by atoms with Crippen molar-refractivity contribution in [3.05, 3.63) is 70.4 Å². The average molecular weight is 426 g/mol. The van der Waals surface area contributed by atoms with E-state index in [4.69, 9.17) is 0 Å². The molecule has 1 aromatic heterocycles. The van der Waals surface area contributed by atoms with E-state index in [2.05, 4.69) is 15.0 Å². The lowest BCUT2D eigenvalue weighted by Crippen LogP contribution is -2.35. The van der Waals surface area contributed by atoms with E-state index >= 15 is 0 Å². The molecule has 6 nitrogen and oxygen atoms in total. The predicted molar refractivity (Wildman–Crippen MR) is 119 cm³/mol. The van der Waals surface area contributed by atoms with E-state index in [0.717, 1.165) is 34.1 Å². The van der Waals surface area contributed by atoms with Crippen LogP contribution in [0, 0.1) is 20.8 Å². The number of amides is 1. The van der Waals surface area contributed by atoms with Crippen molar-refractivity contribution in [1.29, 1.82) is 0 Å². The summed E-state index contributed by atoms with van der Waals surface area (Å²) in [6.45, 7) is 7.80. The third kappa shape index (κ3) is 4.52. The van der Waals surface area contributed by atoms with Crippen molar-refractivity contribution in [2.75, 3.05) is 13.1 Å². The summed E-state index contributed by atoms with van der Waals surface area (Å²) in [6.07, 6.45) is 0.729. The van der Waals surface area contributed by atoms with E-state index in [0.29, 0.717) is 11.1 Å². The molecule has 3 aromatic rings. The number of carbonyl (C=O) groups excluding carboxylic acids is 1. The zero-order valence-electron chi connectivity index (χ0n) is 17.7. The van der Waals surface area contributed by atoms with Gasteiger partial charge in [0.1, 0.15) is 0 Å². The molecule has 0 saturated heterocycles. The Morgan fingerprint density at radius 2 is 1.77 bits per heavy atom. The number of aromatic nitrogens is 1. The Morgan fingerprint density at radius 3 is 2.50 bits per heavy atom. The molecule has 2 N–H and O–H groups in total. The number of nitrogens with zero attached hydrogens (tertiary/aromatic N) is 1. The Bertz CT molecular complexity index is 1200. The Balaban J connectivity index is 1.73. The van der Waals surface area contributed by atoms with Crippen LogP contribution in [0.15, 0.2) is 47.4 Å². The summed E-state index contributed by atoms with van der Waals surface area (Å²) in [7, 11) is -3.64. The van der Waals surface area contributed by atoms with E-state index in [-0.39, 0.29) is 23.9 Å². The minimum absolute atomic E-state index is 0.101. The van der Waals surface area contributed by atoms with Crippen molar-refractivity contribution in [3.8, 4) is 0 Å². The Hall–Kier alpha value is -2.77. The second kappa shape index (κ2) is 8.93. The third-order valence-electron chi connectivity index (χ3n) is 5.13. The number of carbonyl (C=O) groups is 1. The number of hydrogen-bond acceptors (Lipinski definition) is 4. The zero-order valence-corrected chi connectivity index (χ0v) is 18.6. The number of para-hydroxylation sites is 1. The van der Waals surface area contributed by atoms with Crippen LogP contribution >= 0.6 is 0 Å². The normalized spacial score (nSPS) is 11.6. The zero-order chi connectivity index (χ0) is 21.9. The first kappa shape index (κ1) is 21.9. The fraction of sp³-hybridized carbons (Fsp3) is 0.304. The van der Waals surface area contributed by atoms with Gasteiger partial charge in [-0.05, 0) is 56.0 Å². The van der Waals surface area contributed by atoms with Gasteiger partial charge in [-0.25, -0.2) is 13.1 Å². The topological polar surface area (TPSA) is 88.2 Å². The highest BCUT2D eigenvalue weighted by Gasteiger charge is 2.19. The van der Waals surface area contributed by atoms with Gasteiger partial charge in [-0.3, -0.25) is 9.78 Å². The highest BCUT2D eigenvalue weighted by atomic mass is 32.2. The lowest BCUT2D eigenvalue weighted by molar-refractivity contribution is 0.0955. The van der Waals surface area contributed by atoms with Crippen molar-refractivity contribution in [2.45, 2.75) is 39.0 Å². The smallest absolute Gasteiger partial charge is 0.252 e. The van der Waals surface area contributed by atoms with Crippen LogP contribution in [0.3, 0.4) is 0 Å². The minimum Gasteiger partial charge on any atom is -0.351 e. The van der Waals surface area contributed by atoms with Gasteiger partial charge in [0.25, 0.3) is 5.91 Å². The molecule has 0 aliphatic carbocycles. The van der Waals surface area contributed by atoms with Crippen molar-refractivity contribution in [2.24, 2.45) is 0 Å². The molecule has 3 rings (SSSR count). The maximum absolute atomic E-state index is 12.9. The van der Waals surface area contributed by atoms with Crippen LogP contribution in [0.2, 0.25) is 0 Å². The summed E-state index contributed by atoms with van der Waals surface area (Å²) in [4.78, 5) is 17.8. The van der Waals surface area contributed by atoms with Crippen molar-refractivity contribution in [1.82, 2.24) is 15.0 Å². The third-order valence-corrected chi connectivity index (χ3v) is 6.74. The SMILES string of the molecule is CCc1nc2ccccc2c(C(=O)NCCNS(=O)(=O)c2cc(C)ccc2C)c1C. The van der Waals surface area contributed by atoms with E-state index in [9.17, 15) is 13.2 Å². The van der Waals surface area contributed by atoms with Gasteiger partial charge in [0.05, 0.1) is 16.0 Å². The first-order valence-electron chi connectivity index (χ1n) is 9.98.